The molecule has 4 rings (SSSR count). The Morgan fingerprint density at radius 2 is 2.17 bits per heavy atom. The van der Waals surface area contributed by atoms with Gasteiger partial charge in [-0.1, -0.05) is 49.4 Å². The van der Waals surface area contributed by atoms with Crippen molar-refractivity contribution in [3.05, 3.63) is 47.8 Å². The number of rotatable bonds is 4. The molecule has 0 radical (unpaired) electrons. The minimum absolute atomic E-state index is 0.114. The van der Waals surface area contributed by atoms with E-state index >= 15 is 0 Å². The topological polar surface area (TPSA) is 66.2 Å². The molecule has 24 heavy (non-hydrogen) atoms. The number of carbonyl (C=O) groups is 1. The van der Waals surface area contributed by atoms with Crippen LogP contribution in [0.5, 0.6) is 0 Å². The van der Waals surface area contributed by atoms with Gasteiger partial charge in [0.1, 0.15) is 6.10 Å². The van der Waals surface area contributed by atoms with Gasteiger partial charge in [-0.05, 0) is 12.0 Å². The maximum atomic E-state index is 12.4. The van der Waals surface area contributed by atoms with E-state index in [1.54, 1.807) is 10.9 Å². The molecule has 0 unspecified atom stereocenters. The summed E-state index contributed by atoms with van der Waals surface area (Å²) in [7, 11) is 0. The molecule has 6 nitrogen and oxygen atoms in total. The zero-order valence-corrected chi connectivity index (χ0v) is 13.9. The molecule has 126 valence electrons. The van der Waals surface area contributed by atoms with Crippen LogP contribution in [0.15, 0.2) is 36.5 Å². The SMILES string of the molecule is CC1(C)[C@@H]2OCC[C@H]2[C@H]1OC(=O)c1cn(Cc2ccccc2)nn1. The summed E-state index contributed by atoms with van der Waals surface area (Å²) >= 11 is 0. The molecule has 6 heteroatoms. The van der Waals surface area contributed by atoms with E-state index in [2.05, 4.69) is 24.2 Å². The van der Waals surface area contributed by atoms with Crippen LogP contribution in [0.2, 0.25) is 0 Å². The number of ether oxygens (including phenoxy) is 2. The first-order chi connectivity index (χ1) is 11.6. The monoisotopic (exact) mass is 327 g/mol. The minimum Gasteiger partial charge on any atom is -0.456 e. The minimum atomic E-state index is -0.405. The number of nitrogens with zero attached hydrogens (tertiary/aromatic N) is 3. The fourth-order valence-corrected chi connectivity index (χ4v) is 3.93. The van der Waals surface area contributed by atoms with Crippen LogP contribution in [0, 0.1) is 11.3 Å². The molecule has 2 aromatic rings. The molecule has 3 atom stereocenters. The average Bonchev–Trinajstić information content (AvgIpc) is 3.21. The molecule has 1 saturated carbocycles. The Morgan fingerprint density at radius 3 is 2.96 bits per heavy atom. The number of aromatic nitrogens is 3. The fraction of sp³-hybridized carbons (Fsp3) is 0.500. The summed E-state index contributed by atoms with van der Waals surface area (Å²) in [5.74, 6) is -0.0962. The van der Waals surface area contributed by atoms with Crippen LogP contribution in [0.25, 0.3) is 0 Å². The standard InChI is InChI=1S/C18H21N3O3/c1-18(2)15-13(8-9-23-15)16(18)24-17(22)14-11-21(20-19-14)10-12-6-4-3-5-7-12/h3-7,11,13,15-16H,8-10H2,1-2H3/t13-,15-,16-/m1/s1. The Labute approximate surface area is 140 Å². The number of fused-ring (bicyclic) bond motifs is 1. The lowest BCUT2D eigenvalue weighted by molar-refractivity contribution is -0.183. The molecular formula is C18H21N3O3. The van der Waals surface area contributed by atoms with Gasteiger partial charge in [0.15, 0.2) is 5.69 Å². The predicted molar refractivity (Wildman–Crippen MR) is 86.4 cm³/mol. The van der Waals surface area contributed by atoms with E-state index in [0.717, 1.165) is 18.6 Å². The van der Waals surface area contributed by atoms with Gasteiger partial charge in [0, 0.05) is 17.9 Å². The van der Waals surface area contributed by atoms with Crippen molar-refractivity contribution in [3.8, 4) is 0 Å². The summed E-state index contributed by atoms with van der Waals surface area (Å²) in [6.07, 6.45) is 2.68. The van der Waals surface area contributed by atoms with Gasteiger partial charge in [-0.25, -0.2) is 9.48 Å². The summed E-state index contributed by atoms with van der Waals surface area (Å²) in [6.45, 7) is 5.50. The molecule has 0 bridgehead atoms. The van der Waals surface area contributed by atoms with E-state index < -0.39 is 5.97 Å². The van der Waals surface area contributed by atoms with Crippen LogP contribution in [-0.2, 0) is 16.0 Å². The Balaban J connectivity index is 1.42. The van der Waals surface area contributed by atoms with E-state index in [9.17, 15) is 4.79 Å². The zero-order chi connectivity index (χ0) is 16.7. The maximum Gasteiger partial charge on any atom is 0.360 e. The van der Waals surface area contributed by atoms with Crippen LogP contribution in [0.1, 0.15) is 36.3 Å². The van der Waals surface area contributed by atoms with Gasteiger partial charge in [-0.15, -0.1) is 5.10 Å². The molecule has 2 heterocycles. The van der Waals surface area contributed by atoms with Crippen molar-refractivity contribution in [1.29, 1.82) is 0 Å². The summed E-state index contributed by atoms with van der Waals surface area (Å²) in [5, 5.41) is 7.99. The second kappa shape index (κ2) is 5.70. The lowest BCUT2D eigenvalue weighted by Crippen LogP contribution is -2.61. The normalized spacial score (nSPS) is 27.3. The Morgan fingerprint density at radius 1 is 1.38 bits per heavy atom. The van der Waals surface area contributed by atoms with Crippen molar-refractivity contribution >= 4 is 5.97 Å². The molecule has 2 aliphatic rings. The first kappa shape index (κ1) is 15.3. The van der Waals surface area contributed by atoms with Gasteiger partial charge < -0.3 is 9.47 Å². The van der Waals surface area contributed by atoms with Crippen LogP contribution >= 0.6 is 0 Å². The second-order valence-electron chi connectivity index (χ2n) is 7.18. The predicted octanol–water partition coefficient (Wildman–Crippen LogP) is 2.30. The quantitative estimate of drug-likeness (QED) is 0.806. The third-order valence-corrected chi connectivity index (χ3v) is 5.16. The highest BCUT2D eigenvalue weighted by Crippen LogP contribution is 2.53. The van der Waals surface area contributed by atoms with Crippen molar-refractivity contribution in [2.24, 2.45) is 11.3 Å². The lowest BCUT2D eigenvalue weighted by atomic mass is 9.59. The highest BCUT2D eigenvalue weighted by atomic mass is 16.6. The summed E-state index contributed by atoms with van der Waals surface area (Å²) < 4.78 is 13.1. The van der Waals surface area contributed by atoms with Gasteiger partial charge in [0.25, 0.3) is 0 Å². The van der Waals surface area contributed by atoms with Crippen LogP contribution in [-0.4, -0.2) is 39.8 Å². The number of hydrogen-bond acceptors (Lipinski definition) is 5. The maximum absolute atomic E-state index is 12.4. The molecule has 0 spiro atoms. The number of hydrogen-bond donors (Lipinski definition) is 0. The number of carbonyl (C=O) groups excluding carboxylic acids is 1. The Hall–Kier alpha value is -2.21. The largest absolute Gasteiger partial charge is 0.456 e. The fourth-order valence-electron chi connectivity index (χ4n) is 3.93. The van der Waals surface area contributed by atoms with Gasteiger partial charge in [0.2, 0.25) is 0 Å². The van der Waals surface area contributed by atoms with Gasteiger partial charge >= 0.3 is 5.97 Å². The van der Waals surface area contributed by atoms with Gasteiger partial charge in [-0.3, -0.25) is 0 Å². The zero-order valence-electron chi connectivity index (χ0n) is 13.9. The molecule has 2 fully saturated rings. The van der Waals surface area contributed by atoms with E-state index in [0.29, 0.717) is 12.5 Å². The molecule has 1 aliphatic heterocycles. The summed E-state index contributed by atoms with van der Waals surface area (Å²) in [6, 6.07) is 9.93. The Kier molecular flexibility index (Phi) is 3.64. The molecule has 1 saturated heterocycles. The average molecular weight is 327 g/mol. The van der Waals surface area contributed by atoms with Crippen molar-refractivity contribution in [1.82, 2.24) is 15.0 Å². The van der Waals surface area contributed by atoms with Crippen molar-refractivity contribution in [3.63, 3.8) is 0 Å². The van der Waals surface area contributed by atoms with Crippen LogP contribution < -0.4 is 0 Å². The molecule has 0 N–H and O–H groups in total. The van der Waals surface area contributed by atoms with Crippen LogP contribution in [0.4, 0.5) is 0 Å². The first-order valence-electron chi connectivity index (χ1n) is 8.32. The van der Waals surface area contributed by atoms with E-state index in [4.69, 9.17) is 9.47 Å². The molecule has 1 aliphatic carbocycles. The number of esters is 1. The highest BCUT2D eigenvalue weighted by Gasteiger charge is 2.61. The smallest absolute Gasteiger partial charge is 0.360 e. The van der Waals surface area contributed by atoms with Crippen molar-refractivity contribution in [2.75, 3.05) is 6.61 Å². The van der Waals surface area contributed by atoms with Gasteiger partial charge in [-0.2, -0.15) is 0 Å². The molecular weight excluding hydrogens is 306 g/mol. The van der Waals surface area contributed by atoms with Gasteiger partial charge in [0.05, 0.1) is 18.8 Å². The molecule has 1 aromatic carbocycles. The van der Waals surface area contributed by atoms with Crippen molar-refractivity contribution in [2.45, 2.75) is 39.0 Å². The van der Waals surface area contributed by atoms with E-state index in [1.165, 1.54) is 0 Å². The van der Waals surface area contributed by atoms with Crippen LogP contribution in [0.3, 0.4) is 0 Å². The third kappa shape index (κ3) is 2.51. The molecule has 0 amide bonds. The van der Waals surface area contributed by atoms with Crippen molar-refractivity contribution < 1.29 is 14.3 Å². The first-order valence-corrected chi connectivity index (χ1v) is 8.32. The van der Waals surface area contributed by atoms with E-state index in [-0.39, 0.29) is 23.3 Å². The third-order valence-electron chi connectivity index (χ3n) is 5.16. The van der Waals surface area contributed by atoms with E-state index in [1.807, 2.05) is 30.3 Å². The lowest BCUT2D eigenvalue weighted by Gasteiger charge is -2.52. The Bertz CT molecular complexity index is 741. The number of benzene rings is 1. The second-order valence-corrected chi connectivity index (χ2v) is 7.18. The highest BCUT2D eigenvalue weighted by molar-refractivity contribution is 5.87. The molecule has 1 aromatic heterocycles. The summed E-state index contributed by atoms with van der Waals surface area (Å²) in [5.41, 5.74) is 1.22. The summed E-state index contributed by atoms with van der Waals surface area (Å²) in [4.78, 5) is 12.4.